The van der Waals surface area contributed by atoms with Crippen LogP contribution in [0.4, 0.5) is 0 Å². The van der Waals surface area contributed by atoms with Gasteiger partial charge in [0.25, 0.3) is 0 Å². The summed E-state index contributed by atoms with van der Waals surface area (Å²) in [5.74, 6) is 0. The molecule has 5 heteroatoms. The summed E-state index contributed by atoms with van der Waals surface area (Å²) < 4.78 is 1.18. The molecule has 0 bridgehead atoms. The molecule has 0 aliphatic carbocycles. The standard InChI is InChI=1S/C12H22BrN3S/c1-15(2)6-7-16(3)5-4-14-9-12-8-11(13)10-17-12/h8,10,14H,4-7,9H2,1-3H3. The van der Waals surface area contributed by atoms with Crippen molar-refractivity contribution in [3.8, 4) is 0 Å². The van der Waals surface area contributed by atoms with Crippen molar-refractivity contribution in [1.29, 1.82) is 0 Å². The van der Waals surface area contributed by atoms with Crippen molar-refractivity contribution in [2.75, 3.05) is 47.3 Å². The van der Waals surface area contributed by atoms with E-state index < -0.39 is 0 Å². The predicted molar refractivity (Wildman–Crippen MR) is 79.8 cm³/mol. The molecule has 3 nitrogen and oxygen atoms in total. The van der Waals surface area contributed by atoms with Gasteiger partial charge in [0.05, 0.1) is 0 Å². The molecule has 1 aromatic rings. The van der Waals surface area contributed by atoms with E-state index in [1.54, 1.807) is 11.3 Å². The Bertz CT molecular complexity index is 314. The predicted octanol–water partition coefficient (Wildman–Crippen LogP) is 2.09. The SMILES string of the molecule is CN(C)CCN(C)CCNCc1cc(Br)cs1. The summed E-state index contributed by atoms with van der Waals surface area (Å²) in [6.07, 6.45) is 0. The van der Waals surface area contributed by atoms with Crippen molar-refractivity contribution in [2.24, 2.45) is 0 Å². The third-order valence-electron chi connectivity index (χ3n) is 2.52. The first kappa shape index (κ1) is 15.1. The van der Waals surface area contributed by atoms with E-state index in [1.165, 1.54) is 9.35 Å². The monoisotopic (exact) mass is 319 g/mol. The van der Waals surface area contributed by atoms with Gasteiger partial charge in [-0.1, -0.05) is 0 Å². The molecular formula is C12H22BrN3S. The molecule has 0 saturated carbocycles. The second-order valence-electron chi connectivity index (χ2n) is 4.51. The number of halogens is 1. The van der Waals surface area contributed by atoms with Crippen LogP contribution in [-0.2, 0) is 6.54 Å². The third kappa shape index (κ3) is 7.16. The maximum absolute atomic E-state index is 3.47. The molecule has 1 rings (SSSR count). The molecule has 0 aliphatic rings. The van der Waals surface area contributed by atoms with Gasteiger partial charge in [-0.3, -0.25) is 0 Å². The number of thiophene rings is 1. The fourth-order valence-electron chi connectivity index (χ4n) is 1.41. The second kappa shape index (κ2) is 8.21. The zero-order valence-corrected chi connectivity index (χ0v) is 13.3. The molecule has 17 heavy (non-hydrogen) atoms. The highest BCUT2D eigenvalue weighted by atomic mass is 79.9. The van der Waals surface area contributed by atoms with Crippen LogP contribution >= 0.6 is 27.3 Å². The van der Waals surface area contributed by atoms with Gasteiger partial charge < -0.3 is 15.1 Å². The van der Waals surface area contributed by atoms with E-state index in [1.807, 2.05) is 0 Å². The van der Waals surface area contributed by atoms with Crippen LogP contribution in [0.5, 0.6) is 0 Å². The zero-order valence-electron chi connectivity index (χ0n) is 10.9. The van der Waals surface area contributed by atoms with E-state index in [2.05, 4.69) is 63.6 Å². The Kier molecular flexibility index (Phi) is 7.30. The Morgan fingerprint density at radius 2 is 2.00 bits per heavy atom. The molecule has 0 fully saturated rings. The van der Waals surface area contributed by atoms with Crippen molar-refractivity contribution in [3.05, 3.63) is 20.8 Å². The van der Waals surface area contributed by atoms with Gasteiger partial charge in [0.15, 0.2) is 0 Å². The summed E-state index contributed by atoms with van der Waals surface area (Å²) in [6, 6.07) is 2.17. The molecule has 1 heterocycles. The van der Waals surface area contributed by atoms with Gasteiger partial charge in [0, 0.05) is 47.5 Å². The van der Waals surface area contributed by atoms with E-state index in [9.17, 15) is 0 Å². The van der Waals surface area contributed by atoms with Crippen LogP contribution in [0.3, 0.4) is 0 Å². The van der Waals surface area contributed by atoms with E-state index in [-0.39, 0.29) is 0 Å². The van der Waals surface area contributed by atoms with Crippen LogP contribution in [-0.4, -0.2) is 57.1 Å². The first-order valence-corrected chi connectivity index (χ1v) is 7.52. The largest absolute Gasteiger partial charge is 0.311 e. The highest BCUT2D eigenvalue weighted by molar-refractivity contribution is 9.10. The fourth-order valence-corrected chi connectivity index (χ4v) is 2.83. The van der Waals surface area contributed by atoms with E-state index in [4.69, 9.17) is 0 Å². The molecule has 0 saturated heterocycles. The smallest absolute Gasteiger partial charge is 0.0300 e. The lowest BCUT2D eigenvalue weighted by Gasteiger charge is -2.19. The molecule has 1 N–H and O–H groups in total. The van der Waals surface area contributed by atoms with Gasteiger partial charge in [0.2, 0.25) is 0 Å². The minimum Gasteiger partial charge on any atom is -0.311 e. The van der Waals surface area contributed by atoms with Crippen molar-refractivity contribution >= 4 is 27.3 Å². The summed E-state index contributed by atoms with van der Waals surface area (Å²) in [6.45, 7) is 5.35. The molecule has 1 aromatic heterocycles. The summed E-state index contributed by atoms with van der Waals surface area (Å²) in [5, 5.41) is 5.59. The van der Waals surface area contributed by atoms with Crippen molar-refractivity contribution in [1.82, 2.24) is 15.1 Å². The molecule has 0 atom stereocenters. The summed E-state index contributed by atoms with van der Waals surface area (Å²) >= 11 is 5.26. The van der Waals surface area contributed by atoms with Crippen molar-refractivity contribution in [2.45, 2.75) is 6.54 Å². The van der Waals surface area contributed by atoms with Crippen molar-refractivity contribution in [3.63, 3.8) is 0 Å². The first-order chi connectivity index (χ1) is 8.08. The van der Waals surface area contributed by atoms with E-state index >= 15 is 0 Å². The van der Waals surface area contributed by atoms with E-state index in [0.29, 0.717) is 0 Å². The van der Waals surface area contributed by atoms with Gasteiger partial charge in [-0.15, -0.1) is 11.3 Å². The first-order valence-electron chi connectivity index (χ1n) is 5.85. The molecule has 0 radical (unpaired) electrons. The topological polar surface area (TPSA) is 18.5 Å². The molecule has 0 amide bonds. The maximum atomic E-state index is 3.47. The van der Waals surface area contributed by atoms with Gasteiger partial charge in [-0.2, -0.15) is 0 Å². The zero-order chi connectivity index (χ0) is 12.7. The van der Waals surface area contributed by atoms with Crippen molar-refractivity contribution < 1.29 is 0 Å². The van der Waals surface area contributed by atoms with Gasteiger partial charge in [-0.05, 0) is 43.1 Å². The second-order valence-corrected chi connectivity index (χ2v) is 6.43. The summed E-state index contributed by atoms with van der Waals surface area (Å²) in [5.41, 5.74) is 0. The number of likely N-dealkylation sites (N-methyl/N-ethyl adjacent to an activating group) is 2. The van der Waals surface area contributed by atoms with Gasteiger partial charge in [-0.25, -0.2) is 0 Å². The minimum atomic E-state index is 0.970. The third-order valence-corrected chi connectivity index (χ3v) is 4.22. The normalized spacial score (nSPS) is 11.6. The number of hydrogen-bond donors (Lipinski definition) is 1. The lowest BCUT2D eigenvalue weighted by molar-refractivity contribution is 0.281. The Morgan fingerprint density at radius 1 is 1.24 bits per heavy atom. The number of nitrogens with zero attached hydrogens (tertiary/aromatic N) is 2. The van der Waals surface area contributed by atoms with Crippen LogP contribution in [0.2, 0.25) is 0 Å². The maximum Gasteiger partial charge on any atom is 0.0300 e. The van der Waals surface area contributed by atoms with Crippen LogP contribution in [0, 0.1) is 0 Å². The van der Waals surface area contributed by atoms with Crippen LogP contribution in [0.25, 0.3) is 0 Å². The molecule has 0 spiro atoms. The average molecular weight is 320 g/mol. The highest BCUT2D eigenvalue weighted by Gasteiger charge is 2.00. The number of hydrogen-bond acceptors (Lipinski definition) is 4. The Hall–Kier alpha value is 0.0600. The molecule has 0 aliphatic heterocycles. The molecule has 98 valence electrons. The average Bonchev–Trinajstić information content (AvgIpc) is 2.68. The Morgan fingerprint density at radius 3 is 2.59 bits per heavy atom. The fraction of sp³-hybridized carbons (Fsp3) is 0.667. The van der Waals surface area contributed by atoms with Crippen LogP contribution in [0.1, 0.15) is 4.88 Å². The summed E-state index contributed by atoms with van der Waals surface area (Å²) in [7, 11) is 6.40. The van der Waals surface area contributed by atoms with Crippen LogP contribution in [0.15, 0.2) is 15.9 Å². The number of rotatable bonds is 8. The van der Waals surface area contributed by atoms with Gasteiger partial charge in [0.1, 0.15) is 0 Å². The molecule has 0 unspecified atom stereocenters. The minimum absolute atomic E-state index is 0.970. The Labute approximate surface area is 117 Å². The quantitative estimate of drug-likeness (QED) is 0.740. The molecule has 0 aromatic carbocycles. The highest BCUT2D eigenvalue weighted by Crippen LogP contribution is 2.19. The lowest BCUT2D eigenvalue weighted by Crippen LogP contribution is -2.33. The summed E-state index contributed by atoms with van der Waals surface area (Å²) in [4.78, 5) is 5.96. The van der Waals surface area contributed by atoms with Gasteiger partial charge >= 0.3 is 0 Å². The lowest BCUT2D eigenvalue weighted by atomic mass is 10.4. The number of nitrogens with one attached hydrogen (secondary N) is 1. The van der Waals surface area contributed by atoms with E-state index in [0.717, 1.165) is 32.7 Å². The van der Waals surface area contributed by atoms with Crippen LogP contribution < -0.4 is 5.32 Å². The molecular weight excluding hydrogens is 298 g/mol. The Balaban J connectivity index is 2.03.